The number of benzene rings is 3. The van der Waals surface area contributed by atoms with Gasteiger partial charge in [0.25, 0.3) is 0 Å². The smallest absolute Gasteiger partial charge is 0.323 e. The summed E-state index contributed by atoms with van der Waals surface area (Å²) in [5.74, 6) is -0.294. The van der Waals surface area contributed by atoms with Crippen LogP contribution in [0, 0.1) is 0 Å². The van der Waals surface area contributed by atoms with E-state index in [4.69, 9.17) is 4.74 Å². The van der Waals surface area contributed by atoms with Crippen molar-refractivity contribution in [3.63, 3.8) is 0 Å². The molecule has 0 aliphatic heterocycles. The number of ether oxygens (including phenoxy) is 1. The first-order chi connectivity index (χ1) is 15.7. The standard InChI is InChI=1S/C27H26N2O3/c30-16-15-29-19-23(24-13-7-8-14-26(24)29)17-25(28-18-21-9-3-1-4-10-21)27(31)32-20-22-11-5-2-6-12-22/h1-14,16,19,25,28H,15,17-18,20H2. The van der Waals surface area contributed by atoms with Crippen LogP contribution in [0.5, 0.6) is 0 Å². The average Bonchev–Trinajstić information content (AvgIpc) is 3.19. The van der Waals surface area contributed by atoms with Crippen molar-refractivity contribution in [2.24, 2.45) is 0 Å². The second-order valence-electron chi connectivity index (χ2n) is 7.71. The van der Waals surface area contributed by atoms with Gasteiger partial charge in [-0.1, -0.05) is 78.9 Å². The monoisotopic (exact) mass is 426 g/mol. The third-order valence-electron chi connectivity index (χ3n) is 5.47. The summed E-state index contributed by atoms with van der Waals surface area (Å²) in [6, 6.07) is 27.0. The summed E-state index contributed by atoms with van der Waals surface area (Å²) in [7, 11) is 0. The van der Waals surface area contributed by atoms with E-state index in [2.05, 4.69) is 5.32 Å². The number of hydrogen-bond donors (Lipinski definition) is 1. The number of fused-ring (bicyclic) bond motifs is 1. The van der Waals surface area contributed by atoms with E-state index >= 15 is 0 Å². The van der Waals surface area contributed by atoms with Gasteiger partial charge in [0.15, 0.2) is 0 Å². The summed E-state index contributed by atoms with van der Waals surface area (Å²) >= 11 is 0. The Labute approximate surface area is 187 Å². The fourth-order valence-corrected chi connectivity index (χ4v) is 3.84. The molecule has 1 heterocycles. The zero-order valence-electron chi connectivity index (χ0n) is 17.8. The summed E-state index contributed by atoms with van der Waals surface area (Å²) in [6.07, 6.45) is 3.31. The minimum Gasteiger partial charge on any atom is -0.460 e. The van der Waals surface area contributed by atoms with Crippen LogP contribution in [0.4, 0.5) is 0 Å². The summed E-state index contributed by atoms with van der Waals surface area (Å²) in [5, 5.41) is 4.41. The molecule has 0 amide bonds. The van der Waals surface area contributed by atoms with Gasteiger partial charge in [-0.25, -0.2) is 0 Å². The minimum atomic E-state index is -0.519. The van der Waals surface area contributed by atoms with Crippen LogP contribution in [0.25, 0.3) is 10.9 Å². The van der Waals surface area contributed by atoms with Crippen molar-refractivity contribution in [1.29, 1.82) is 0 Å². The number of rotatable bonds is 10. The maximum atomic E-state index is 13.1. The van der Waals surface area contributed by atoms with Crippen molar-refractivity contribution in [3.8, 4) is 0 Å². The average molecular weight is 427 g/mol. The number of hydrogen-bond acceptors (Lipinski definition) is 4. The van der Waals surface area contributed by atoms with E-state index in [1.807, 2.05) is 95.7 Å². The second-order valence-corrected chi connectivity index (χ2v) is 7.71. The van der Waals surface area contributed by atoms with E-state index in [0.29, 0.717) is 13.0 Å². The minimum absolute atomic E-state index is 0.232. The lowest BCUT2D eigenvalue weighted by Crippen LogP contribution is -2.39. The molecule has 0 radical (unpaired) electrons. The fraction of sp³-hybridized carbons (Fsp3) is 0.185. The quantitative estimate of drug-likeness (QED) is 0.304. The number of para-hydroxylation sites is 1. The maximum Gasteiger partial charge on any atom is 0.323 e. The van der Waals surface area contributed by atoms with E-state index in [-0.39, 0.29) is 19.1 Å². The number of nitrogens with zero attached hydrogens (tertiary/aromatic N) is 1. The molecule has 32 heavy (non-hydrogen) atoms. The molecule has 1 unspecified atom stereocenters. The lowest BCUT2D eigenvalue weighted by atomic mass is 10.0. The van der Waals surface area contributed by atoms with E-state index in [1.54, 1.807) is 0 Å². The van der Waals surface area contributed by atoms with Crippen molar-refractivity contribution < 1.29 is 14.3 Å². The van der Waals surface area contributed by atoms with Gasteiger partial charge >= 0.3 is 5.97 Å². The Morgan fingerprint density at radius 3 is 2.28 bits per heavy atom. The van der Waals surface area contributed by atoms with Crippen molar-refractivity contribution in [2.45, 2.75) is 32.2 Å². The van der Waals surface area contributed by atoms with Crippen LogP contribution in [-0.2, 0) is 40.4 Å². The molecule has 5 nitrogen and oxygen atoms in total. The van der Waals surface area contributed by atoms with Gasteiger partial charge in [0.05, 0.1) is 6.54 Å². The summed E-state index contributed by atoms with van der Waals surface area (Å²) < 4.78 is 7.57. The summed E-state index contributed by atoms with van der Waals surface area (Å²) in [4.78, 5) is 24.2. The molecule has 0 fully saturated rings. The van der Waals surface area contributed by atoms with Crippen LogP contribution in [0.2, 0.25) is 0 Å². The van der Waals surface area contributed by atoms with E-state index in [9.17, 15) is 9.59 Å². The van der Waals surface area contributed by atoms with Gasteiger partial charge in [-0.2, -0.15) is 0 Å². The Morgan fingerprint density at radius 1 is 0.906 bits per heavy atom. The lowest BCUT2D eigenvalue weighted by Gasteiger charge is -2.18. The SMILES string of the molecule is O=CCn1cc(CC(NCc2ccccc2)C(=O)OCc2ccccc2)c2ccccc21. The van der Waals surface area contributed by atoms with Crippen molar-refractivity contribution in [3.05, 3.63) is 108 Å². The van der Waals surface area contributed by atoms with Crippen LogP contribution in [0.15, 0.2) is 91.1 Å². The number of esters is 1. The lowest BCUT2D eigenvalue weighted by molar-refractivity contribution is -0.147. The number of carbonyl (C=O) groups is 2. The number of aldehydes is 1. The third kappa shape index (κ3) is 5.31. The predicted molar refractivity (Wildman–Crippen MR) is 125 cm³/mol. The van der Waals surface area contributed by atoms with Gasteiger partial charge in [-0.15, -0.1) is 0 Å². The molecule has 1 atom stereocenters. The molecule has 3 aromatic carbocycles. The highest BCUT2D eigenvalue weighted by atomic mass is 16.5. The Balaban J connectivity index is 1.55. The molecule has 0 saturated carbocycles. The maximum absolute atomic E-state index is 13.1. The number of carbonyl (C=O) groups excluding carboxylic acids is 2. The molecule has 5 heteroatoms. The van der Waals surface area contributed by atoms with Gasteiger partial charge in [0.1, 0.15) is 18.9 Å². The van der Waals surface area contributed by atoms with E-state index < -0.39 is 6.04 Å². The van der Waals surface area contributed by atoms with E-state index in [1.165, 1.54) is 0 Å². The molecule has 4 rings (SSSR count). The van der Waals surface area contributed by atoms with Gasteiger partial charge < -0.3 is 19.4 Å². The number of nitrogens with one attached hydrogen (secondary N) is 1. The molecular formula is C27H26N2O3. The summed E-state index contributed by atoms with van der Waals surface area (Å²) in [6.45, 7) is 1.07. The Morgan fingerprint density at radius 2 is 1.56 bits per heavy atom. The van der Waals surface area contributed by atoms with Gasteiger partial charge in [0.2, 0.25) is 0 Å². The highest BCUT2D eigenvalue weighted by molar-refractivity contribution is 5.86. The zero-order chi connectivity index (χ0) is 22.2. The molecule has 0 aliphatic rings. The van der Waals surface area contributed by atoms with Crippen molar-refractivity contribution >= 4 is 23.2 Å². The second kappa shape index (κ2) is 10.6. The van der Waals surface area contributed by atoms with Crippen LogP contribution >= 0.6 is 0 Å². The first-order valence-electron chi connectivity index (χ1n) is 10.7. The van der Waals surface area contributed by atoms with Gasteiger partial charge in [-0.05, 0) is 22.8 Å². The zero-order valence-corrected chi connectivity index (χ0v) is 17.8. The van der Waals surface area contributed by atoms with Crippen molar-refractivity contribution in [2.75, 3.05) is 0 Å². The largest absolute Gasteiger partial charge is 0.460 e. The molecule has 162 valence electrons. The Bertz CT molecular complexity index is 1170. The van der Waals surface area contributed by atoms with Crippen LogP contribution < -0.4 is 5.32 Å². The molecule has 1 aromatic heterocycles. The van der Waals surface area contributed by atoms with Crippen molar-refractivity contribution in [1.82, 2.24) is 9.88 Å². The topological polar surface area (TPSA) is 60.3 Å². The molecular weight excluding hydrogens is 400 g/mol. The molecule has 1 N–H and O–H groups in total. The van der Waals surface area contributed by atoms with Gasteiger partial charge in [0, 0.05) is 30.1 Å². The Hall–Kier alpha value is -3.70. The molecule has 0 bridgehead atoms. The molecule has 0 saturated heterocycles. The third-order valence-corrected chi connectivity index (χ3v) is 5.47. The fourth-order valence-electron chi connectivity index (χ4n) is 3.84. The van der Waals surface area contributed by atoms with E-state index in [0.717, 1.165) is 33.9 Å². The molecule has 4 aromatic rings. The van der Waals surface area contributed by atoms with Gasteiger partial charge in [-0.3, -0.25) is 4.79 Å². The predicted octanol–water partition coefficient (Wildman–Crippen LogP) is 4.28. The number of aromatic nitrogens is 1. The normalized spacial score (nSPS) is 11.9. The first kappa shape index (κ1) is 21.5. The molecule has 0 aliphatic carbocycles. The Kier molecular flexibility index (Phi) is 7.10. The van der Waals surface area contributed by atoms with Crippen LogP contribution in [0.1, 0.15) is 16.7 Å². The van der Waals surface area contributed by atoms with Crippen LogP contribution in [-0.4, -0.2) is 22.9 Å². The first-order valence-corrected chi connectivity index (χ1v) is 10.7. The highest BCUT2D eigenvalue weighted by Gasteiger charge is 2.22. The summed E-state index contributed by atoms with van der Waals surface area (Å²) in [5.41, 5.74) is 4.03. The highest BCUT2D eigenvalue weighted by Crippen LogP contribution is 2.23. The molecule has 0 spiro atoms. The van der Waals surface area contributed by atoms with Crippen LogP contribution in [0.3, 0.4) is 0 Å².